The summed E-state index contributed by atoms with van der Waals surface area (Å²) in [5.74, 6) is 4.98. The summed E-state index contributed by atoms with van der Waals surface area (Å²) in [6.07, 6.45) is 0. The summed E-state index contributed by atoms with van der Waals surface area (Å²) >= 11 is 8.62. The van der Waals surface area contributed by atoms with Crippen molar-refractivity contribution in [3.05, 3.63) is 71.8 Å². The molecule has 0 atom stereocenters. The van der Waals surface area contributed by atoms with Crippen LogP contribution in [0.2, 0.25) is 0 Å². The molecule has 0 aliphatic carbocycles. The van der Waals surface area contributed by atoms with Crippen molar-refractivity contribution >= 4 is 47.0 Å². The SMILES string of the molecule is c1ccc(C2(C3(c4ccccc4)SCCS3)SCCS2)cc1. The smallest absolute Gasteiger partial charge is 0.114 e. The van der Waals surface area contributed by atoms with Gasteiger partial charge < -0.3 is 0 Å². The van der Waals surface area contributed by atoms with Crippen molar-refractivity contribution in [1.82, 2.24) is 0 Å². The van der Waals surface area contributed by atoms with E-state index >= 15 is 0 Å². The number of rotatable bonds is 3. The minimum absolute atomic E-state index is 0.126. The molecule has 2 aliphatic heterocycles. The molecule has 4 heteroatoms. The normalized spacial score (nSPS) is 22.7. The van der Waals surface area contributed by atoms with Gasteiger partial charge in [-0.15, -0.1) is 47.0 Å². The molecule has 0 radical (unpaired) electrons. The van der Waals surface area contributed by atoms with E-state index in [2.05, 4.69) is 108 Å². The average Bonchev–Trinajstić information content (AvgIpc) is 3.27. The molecule has 2 aromatic carbocycles. The zero-order chi connectivity index (χ0) is 14.9. The van der Waals surface area contributed by atoms with Crippen molar-refractivity contribution < 1.29 is 0 Å². The van der Waals surface area contributed by atoms with E-state index in [1.807, 2.05) is 0 Å². The Morgan fingerprint density at radius 3 is 1.14 bits per heavy atom. The summed E-state index contributed by atoms with van der Waals surface area (Å²) in [6.45, 7) is 0. The van der Waals surface area contributed by atoms with Crippen LogP contribution in [0.1, 0.15) is 11.1 Å². The third-order valence-corrected chi connectivity index (χ3v) is 12.0. The fourth-order valence-electron chi connectivity index (χ4n) is 3.23. The second-order valence-corrected chi connectivity index (χ2v) is 11.1. The quantitative estimate of drug-likeness (QED) is 0.691. The Hall–Kier alpha value is -0.160. The number of thioether (sulfide) groups is 4. The maximum Gasteiger partial charge on any atom is 0.114 e. The van der Waals surface area contributed by atoms with Crippen molar-refractivity contribution in [2.45, 2.75) is 8.16 Å². The van der Waals surface area contributed by atoms with E-state index < -0.39 is 0 Å². The molecule has 2 aliphatic rings. The lowest BCUT2D eigenvalue weighted by Gasteiger charge is -2.44. The molecule has 22 heavy (non-hydrogen) atoms. The third-order valence-electron chi connectivity index (χ3n) is 4.13. The van der Waals surface area contributed by atoms with Gasteiger partial charge in [-0.05, 0) is 11.1 Å². The molecule has 0 bridgehead atoms. The van der Waals surface area contributed by atoms with Crippen molar-refractivity contribution in [3.63, 3.8) is 0 Å². The molecule has 2 aromatic rings. The first-order chi connectivity index (χ1) is 10.9. The molecule has 2 fully saturated rings. The largest absolute Gasteiger partial charge is 0.136 e. The van der Waals surface area contributed by atoms with Gasteiger partial charge >= 0.3 is 0 Å². The molecule has 2 saturated heterocycles. The van der Waals surface area contributed by atoms with Crippen LogP contribution in [-0.2, 0) is 8.16 Å². The van der Waals surface area contributed by atoms with Gasteiger partial charge in [-0.3, -0.25) is 0 Å². The van der Waals surface area contributed by atoms with Crippen molar-refractivity contribution in [1.29, 1.82) is 0 Å². The predicted octanol–water partition coefficient (Wildman–Crippen LogP) is 5.65. The number of hydrogen-bond donors (Lipinski definition) is 0. The van der Waals surface area contributed by atoms with Gasteiger partial charge in [-0.1, -0.05) is 60.7 Å². The molecule has 0 aromatic heterocycles. The Balaban J connectivity index is 1.90. The van der Waals surface area contributed by atoms with Crippen molar-refractivity contribution in [3.8, 4) is 0 Å². The highest BCUT2D eigenvalue weighted by molar-refractivity contribution is 8.27. The van der Waals surface area contributed by atoms with Gasteiger partial charge in [0.1, 0.15) is 8.16 Å². The second-order valence-electron chi connectivity index (χ2n) is 5.36. The summed E-state index contributed by atoms with van der Waals surface area (Å²) in [7, 11) is 0. The van der Waals surface area contributed by atoms with Crippen LogP contribution in [0.4, 0.5) is 0 Å². The van der Waals surface area contributed by atoms with Crippen LogP contribution in [0, 0.1) is 0 Å². The second kappa shape index (κ2) is 6.39. The molecular weight excluding hydrogens is 344 g/mol. The van der Waals surface area contributed by atoms with E-state index in [0.717, 1.165) is 0 Å². The van der Waals surface area contributed by atoms with Crippen LogP contribution in [0.15, 0.2) is 60.7 Å². The van der Waals surface area contributed by atoms with E-state index in [1.165, 1.54) is 34.1 Å². The minimum Gasteiger partial charge on any atom is -0.136 e. The monoisotopic (exact) mass is 362 g/mol. The zero-order valence-corrected chi connectivity index (χ0v) is 15.5. The first-order valence-electron chi connectivity index (χ1n) is 7.54. The zero-order valence-electron chi connectivity index (χ0n) is 12.2. The van der Waals surface area contributed by atoms with E-state index in [-0.39, 0.29) is 8.16 Å². The number of benzene rings is 2. The van der Waals surface area contributed by atoms with Crippen molar-refractivity contribution in [2.24, 2.45) is 0 Å². The Morgan fingerprint density at radius 2 is 0.818 bits per heavy atom. The third kappa shape index (κ3) is 2.34. The molecule has 0 spiro atoms. The van der Waals surface area contributed by atoms with E-state index in [0.29, 0.717) is 0 Å². The fourth-order valence-corrected chi connectivity index (χ4v) is 11.2. The van der Waals surface area contributed by atoms with Gasteiger partial charge in [0.15, 0.2) is 0 Å². The first-order valence-corrected chi connectivity index (χ1v) is 11.5. The Kier molecular flexibility index (Phi) is 4.46. The summed E-state index contributed by atoms with van der Waals surface area (Å²) in [6, 6.07) is 22.4. The fraction of sp³-hybridized carbons (Fsp3) is 0.333. The van der Waals surface area contributed by atoms with Crippen LogP contribution >= 0.6 is 47.0 Å². The van der Waals surface area contributed by atoms with Crippen LogP contribution in [0.3, 0.4) is 0 Å². The maximum absolute atomic E-state index is 2.33. The number of hydrogen-bond acceptors (Lipinski definition) is 4. The van der Waals surface area contributed by atoms with E-state index in [4.69, 9.17) is 0 Å². The van der Waals surface area contributed by atoms with Gasteiger partial charge in [0.2, 0.25) is 0 Å². The van der Waals surface area contributed by atoms with Gasteiger partial charge in [0.05, 0.1) is 0 Å². The summed E-state index contributed by atoms with van der Waals surface area (Å²) in [4.78, 5) is 0. The van der Waals surface area contributed by atoms with E-state index in [1.54, 1.807) is 0 Å². The van der Waals surface area contributed by atoms with Crippen LogP contribution in [0.25, 0.3) is 0 Å². The van der Waals surface area contributed by atoms with Gasteiger partial charge in [0, 0.05) is 23.0 Å². The average molecular weight is 363 g/mol. The topological polar surface area (TPSA) is 0 Å². The van der Waals surface area contributed by atoms with Crippen LogP contribution in [-0.4, -0.2) is 23.0 Å². The highest BCUT2D eigenvalue weighted by atomic mass is 32.2. The molecule has 4 rings (SSSR count). The predicted molar refractivity (Wildman–Crippen MR) is 106 cm³/mol. The Morgan fingerprint density at radius 1 is 0.500 bits per heavy atom. The molecule has 0 N–H and O–H groups in total. The highest BCUT2D eigenvalue weighted by Gasteiger charge is 2.58. The van der Waals surface area contributed by atoms with Crippen molar-refractivity contribution in [2.75, 3.05) is 23.0 Å². The minimum atomic E-state index is 0.126. The summed E-state index contributed by atoms with van der Waals surface area (Å²) in [5, 5.41) is 0. The Labute approximate surface area is 149 Å². The van der Waals surface area contributed by atoms with E-state index in [9.17, 15) is 0 Å². The molecule has 114 valence electrons. The molecule has 0 saturated carbocycles. The molecule has 2 heterocycles. The Bertz CT molecular complexity index is 557. The molecular formula is C18H18S4. The molecule has 0 nitrogen and oxygen atoms in total. The lowest BCUT2D eigenvalue weighted by molar-refractivity contribution is 0.795. The molecule has 0 amide bonds. The lowest BCUT2D eigenvalue weighted by Crippen LogP contribution is -2.36. The van der Waals surface area contributed by atoms with Gasteiger partial charge in [-0.25, -0.2) is 0 Å². The van der Waals surface area contributed by atoms with Crippen LogP contribution in [0.5, 0.6) is 0 Å². The first kappa shape index (κ1) is 15.4. The van der Waals surface area contributed by atoms with Gasteiger partial charge in [-0.2, -0.15) is 0 Å². The highest BCUT2D eigenvalue weighted by Crippen LogP contribution is 2.72. The lowest BCUT2D eigenvalue weighted by atomic mass is 10.0. The standard InChI is InChI=1S/C18H18S4/c1-3-7-15(8-4-1)17(19-11-12-20-17)18(21-13-14-22-18)16-9-5-2-6-10-16/h1-10H,11-14H2. The van der Waals surface area contributed by atoms with Crippen LogP contribution < -0.4 is 0 Å². The van der Waals surface area contributed by atoms with Gasteiger partial charge in [0.25, 0.3) is 0 Å². The molecule has 0 unspecified atom stereocenters. The maximum atomic E-state index is 2.33. The summed E-state index contributed by atoms with van der Waals surface area (Å²) in [5.41, 5.74) is 2.96. The summed E-state index contributed by atoms with van der Waals surface area (Å²) < 4.78 is 0.253.